The number of H-pyrrole nitrogens is 1. The smallest absolute Gasteiger partial charge is 0.357 e. The minimum Gasteiger partial charge on any atom is -0.461 e. The molecule has 0 aliphatic carbocycles. The zero-order valence-electron chi connectivity index (χ0n) is 13.4. The molecule has 0 saturated heterocycles. The van der Waals surface area contributed by atoms with Crippen LogP contribution in [0.25, 0.3) is 11.3 Å². The SMILES string of the molecule is CCOC(=O)c1[nH]c(=O)n(Cc2ccccc2)c1-c1ccccc1. The van der Waals surface area contributed by atoms with Gasteiger partial charge >= 0.3 is 11.7 Å². The van der Waals surface area contributed by atoms with Crippen LogP contribution >= 0.6 is 0 Å². The van der Waals surface area contributed by atoms with Crippen molar-refractivity contribution in [3.63, 3.8) is 0 Å². The van der Waals surface area contributed by atoms with Crippen molar-refractivity contribution in [1.29, 1.82) is 0 Å². The zero-order valence-corrected chi connectivity index (χ0v) is 13.4. The second-order valence-corrected chi connectivity index (χ2v) is 5.31. The lowest BCUT2D eigenvalue weighted by Gasteiger charge is -2.10. The van der Waals surface area contributed by atoms with Gasteiger partial charge in [0.05, 0.1) is 18.8 Å². The Bertz CT molecular complexity index is 880. The van der Waals surface area contributed by atoms with Gasteiger partial charge in [0.25, 0.3) is 0 Å². The summed E-state index contributed by atoms with van der Waals surface area (Å²) < 4.78 is 6.65. The van der Waals surface area contributed by atoms with Crippen LogP contribution in [0.5, 0.6) is 0 Å². The van der Waals surface area contributed by atoms with Gasteiger partial charge in [-0.05, 0) is 12.5 Å². The average molecular weight is 322 g/mol. The first-order chi connectivity index (χ1) is 11.7. The van der Waals surface area contributed by atoms with E-state index >= 15 is 0 Å². The molecule has 0 unspecified atom stereocenters. The van der Waals surface area contributed by atoms with Crippen LogP contribution in [0.2, 0.25) is 0 Å². The van der Waals surface area contributed by atoms with Gasteiger partial charge < -0.3 is 4.74 Å². The van der Waals surface area contributed by atoms with Gasteiger partial charge in [-0.25, -0.2) is 9.59 Å². The summed E-state index contributed by atoms with van der Waals surface area (Å²) in [5.41, 5.74) is 2.16. The minimum atomic E-state index is -0.528. The molecule has 1 N–H and O–H groups in total. The summed E-state index contributed by atoms with van der Waals surface area (Å²) in [6, 6.07) is 19.0. The summed E-state index contributed by atoms with van der Waals surface area (Å²) in [5.74, 6) is -0.528. The monoisotopic (exact) mass is 322 g/mol. The Morgan fingerprint density at radius 2 is 1.67 bits per heavy atom. The van der Waals surface area contributed by atoms with Crippen molar-refractivity contribution in [2.75, 3.05) is 6.61 Å². The van der Waals surface area contributed by atoms with Crippen LogP contribution in [0, 0.1) is 0 Å². The zero-order chi connectivity index (χ0) is 16.9. The number of ether oxygens (including phenoxy) is 1. The molecule has 0 aliphatic rings. The number of carbonyl (C=O) groups excluding carboxylic acids is 1. The Labute approximate surface area is 139 Å². The molecule has 0 amide bonds. The molecule has 0 bridgehead atoms. The lowest BCUT2D eigenvalue weighted by molar-refractivity contribution is 0.0521. The van der Waals surface area contributed by atoms with E-state index in [1.54, 1.807) is 11.5 Å². The van der Waals surface area contributed by atoms with E-state index in [4.69, 9.17) is 4.74 Å². The molecule has 5 heteroatoms. The van der Waals surface area contributed by atoms with Gasteiger partial charge in [0.2, 0.25) is 0 Å². The molecule has 0 saturated carbocycles. The number of hydrogen-bond acceptors (Lipinski definition) is 3. The number of aromatic nitrogens is 2. The molecule has 0 radical (unpaired) electrons. The van der Waals surface area contributed by atoms with E-state index < -0.39 is 5.97 Å². The number of rotatable bonds is 5. The molecule has 0 spiro atoms. The fourth-order valence-electron chi connectivity index (χ4n) is 2.63. The second kappa shape index (κ2) is 7.00. The van der Waals surface area contributed by atoms with Crippen LogP contribution in [-0.2, 0) is 11.3 Å². The standard InChI is InChI=1S/C19H18N2O3/c1-2-24-18(22)16-17(15-11-7-4-8-12-15)21(19(23)20-16)13-14-9-5-3-6-10-14/h3-12H,2,13H2,1H3,(H,20,23). The van der Waals surface area contributed by atoms with Crippen molar-refractivity contribution < 1.29 is 9.53 Å². The highest BCUT2D eigenvalue weighted by atomic mass is 16.5. The Kier molecular flexibility index (Phi) is 4.61. The van der Waals surface area contributed by atoms with Crippen LogP contribution in [0.15, 0.2) is 65.5 Å². The van der Waals surface area contributed by atoms with Crippen molar-refractivity contribution >= 4 is 5.97 Å². The van der Waals surface area contributed by atoms with Crippen LogP contribution in [0.1, 0.15) is 23.0 Å². The molecule has 2 aromatic carbocycles. The first kappa shape index (κ1) is 15.8. The summed E-state index contributed by atoms with van der Waals surface area (Å²) >= 11 is 0. The quantitative estimate of drug-likeness (QED) is 0.734. The highest BCUT2D eigenvalue weighted by Gasteiger charge is 2.22. The Morgan fingerprint density at radius 1 is 1.04 bits per heavy atom. The molecule has 122 valence electrons. The molecule has 0 aliphatic heterocycles. The third-order valence-electron chi connectivity index (χ3n) is 3.69. The molecule has 3 rings (SSSR count). The predicted molar refractivity (Wildman–Crippen MR) is 92.0 cm³/mol. The van der Waals surface area contributed by atoms with E-state index in [2.05, 4.69) is 4.98 Å². The number of nitrogens with one attached hydrogen (secondary N) is 1. The molecule has 1 heterocycles. The van der Waals surface area contributed by atoms with E-state index in [9.17, 15) is 9.59 Å². The lowest BCUT2D eigenvalue weighted by atomic mass is 10.1. The van der Waals surface area contributed by atoms with Gasteiger partial charge in [0, 0.05) is 5.56 Å². The maximum atomic E-state index is 12.4. The van der Waals surface area contributed by atoms with Crippen molar-refractivity contribution in [2.45, 2.75) is 13.5 Å². The first-order valence-electron chi connectivity index (χ1n) is 7.80. The molecule has 1 aromatic heterocycles. The van der Waals surface area contributed by atoms with Gasteiger partial charge in [0.15, 0.2) is 5.69 Å². The Morgan fingerprint density at radius 3 is 2.29 bits per heavy atom. The molecule has 5 nitrogen and oxygen atoms in total. The number of aromatic amines is 1. The normalized spacial score (nSPS) is 10.5. The largest absolute Gasteiger partial charge is 0.461 e. The van der Waals surface area contributed by atoms with Crippen LogP contribution in [-0.4, -0.2) is 22.1 Å². The number of hydrogen-bond donors (Lipinski definition) is 1. The summed E-state index contributed by atoms with van der Waals surface area (Å²) in [6.45, 7) is 2.36. The number of nitrogens with zero attached hydrogens (tertiary/aromatic N) is 1. The highest BCUT2D eigenvalue weighted by Crippen LogP contribution is 2.23. The third-order valence-corrected chi connectivity index (χ3v) is 3.69. The fourth-order valence-corrected chi connectivity index (χ4v) is 2.63. The summed E-state index contributed by atoms with van der Waals surface area (Å²) in [6.07, 6.45) is 0. The molecule has 0 fully saturated rings. The van der Waals surface area contributed by atoms with E-state index in [-0.39, 0.29) is 18.0 Å². The fraction of sp³-hybridized carbons (Fsp3) is 0.158. The summed E-state index contributed by atoms with van der Waals surface area (Å²) in [4.78, 5) is 27.3. The van der Waals surface area contributed by atoms with Crippen molar-refractivity contribution in [3.05, 3.63) is 82.4 Å². The van der Waals surface area contributed by atoms with Crippen LogP contribution < -0.4 is 5.69 Å². The van der Waals surface area contributed by atoms with Gasteiger partial charge in [-0.2, -0.15) is 0 Å². The number of carbonyl (C=O) groups is 1. The maximum Gasteiger partial charge on any atom is 0.357 e. The molecule has 3 aromatic rings. The summed E-state index contributed by atoms with van der Waals surface area (Å²) in [7, 11) is 0. The van der Waals surface area contributed by atoms with Crippen LogP contribution in [0.3, 0.4) is 0 Å². The Hall–Kier alpha value is -3.08. The van der Waals surface area contributed by atoms with E-state index in [0.717, 1.165) is 11.1 Å². The topological polar surface area (TPSA) is 64.1 Å². The molecule has 0 atom stereocenters. The third kappa shape index (κ3) is 3.15. The van der Waals surface area contributed by atoms with Gasteiger partial charge in [-0.1, -0.05) is 60.7 Å². The minimum absolute atomic E-state index is 0.184. The second-order valence-electron chi connectivity index (χ2n) is 5.31. The van der Waals surface area contributed by atoms with Gasteiger partial charge in [-0.3, -0.25) is 9.55 Å². The highest BCUT2D eigenvalue weighted by molar-refractivity contribution is 5.94. The summed E-state index contributed by atoms with van der Waals surface area (Å²) in [5, 5.41) is 0. The Balaban J connectivity index is 2.14. The number of benzene rings is 2. The van der Waals surface area contributed by atoms with Crippen LogP contribution in [0.4, 0.5) is 0 Å². The number of imidazole rings is 1. The molecule has 24 heavy (non-hydrogen) atoms. The number of esters is 1. The predicted octanol–water partition coefficient (Wildman–Crippen LogP) is 3.07. The first-order valence-corrected chi connectivity index (χ1v) is 7.80. The maximum absolute atomic E-state index is 12.4. The van der Waals surface area contributed by atoms with Gasteiger partial charge in [-0.15, -0.1) is 0 Å². The van der Waals surface area contributed by atoms with Crippen molar-refractivity contribution in [2.24, 2.45) is 0 Å². The van der Waals surface area contributed by atoms with E-state index in [1.165, 1.54) is 0 Å². The molecular weight excluding hydrogens is 304 g/mol. The molecular formula is C19H18N2O3. The lowest BCUT2D eigenvalue weighted by Crippen LogP contribution is -2.18. The van der Waals surface area contributed by atoms with Crippen molar-refractivity contribution in [3.8, 4) is 11.3 Å². The van der Waals surface area contributed by atoms with E-state index in [1.807, 2.05) is 60.7 Å². The van der Waals surface area contributed by atoms with Gasteiger partial charge in [0.1, 0.15) is 0 Å². The van der Waals surface area contributed by atoms with E-state index in [0.29, 0.717) is 12.2 Å². The van der Waals surface area contributed by atoms with Crippen molar-refractivity contribution in [1.82, 2.24) is 9.55 Å². The average Bonchev–Trinajstić information content (AvgIpc) is 2.93.